The van der Waals surface area contributed by atoms with Crippen LogP contribution in [0.2, 0.25) is 5.02 Å². The number of hydrogen-bond donors (Lipinski definition) is 2. The molecule has 0 saturated carbocycles. The van der Waals surface area contributed by atoms with Gasteiger partial charge in [0.25, 0.3) is 5.91 Å². The summed E-state index contributed by atoms with van der Waals surface area (Å²) in [5.74, 6) is 1.63. The van der Waals surface area contributed by atoms with E-state index in [1.807, 2.05) is 30.3 Å². The number of anilines is 2. The Morgan fingerprint density at radius 1 is 1.07 bits per heavy atom. The molecule has 0 atom stereocenters. The quantitative estimate of drug-likeness (QED) is 0.695. The molecule has 27 heavy (non-hydrogen) atoms. The first-order chi connectivity index (χ1) is 13.2. The number of halogens is 1. The molecule has 2 heterocycles. The SMILES string of the molecule is O=C(NCc1ccc2c(c1)OCO2)c1cccnc1Nc1cccc(Cl)c1. The van der Waals surface area contributed by atoms with Crippen LogP contribution in [-0.4, -0.2) is 17.7 Å². The molecule has 0 saturated heterocycles. The minimum Gasteiger partial charge on any atom is -0.454 e. The standard InChI is InChI=1S/C20H16ClN3O3/c21-14-3-1-4-15(10-14)24-19-16(5-2-8-22-19)20(25)23-11-13-6-7-17-18(9-13)27-12-26-17/h1-10H,11-12H2,(H,22,24)(H,23,25). The van der Waals surface area contributed by atoms with Gasteiger partial charge in [-0.15, -0.1) is 0 Å². The zero-order valence-corrected chi connectivity index (χ0v) is 15.0. The average molecular weight is 382 g/mol. The normalized spacial score (nSPS) is 11.9. The van der Waals surface area contributed by atoms with Crippen LogP contribution in [0, 0.1) is 0 Å². The molecule has 1 aliphatic rings. The van der Waals surface area contributed by atoms with Crippen molar-refractivity contribution in [2.45, 2.75) is 6.54 Å². The van der Waals surface area contributed by atoms with Crippen LogP contribution in [-0.2, 0) is 6.54 Å². The van der Waals surface area contributed by atoms with E-state index in [0.717, 1.165) is 11.3 Å². The molecule has 136 valence electrons. The molecule has 0 bridgehead atoms. The lowest BCUT2D eigenvalue weighted by atomic mass is 10.2. The number of rotatable bonds is 5. The van der Waals surface area contributed by atoms with E-state index >= 15 is 0 Å². The zero-order valence-electron chi connectivity index (χ0n) is 14.2. The summed E-state index contributed by atoms with van der Waals surface area (Å²) in [7, 11) is 0. The lowest BCUT2D eigenvalue weighted by molar-refractivity contribution is 0.0951. The maximum Gasteiger partial charge on any atom is 0.255 e. The van der Waals surface area contributed by atoms with Crippen molar-refractivity contribution < 1.29 is 14.3 Å². The van der Waals surface area contributed by atoms with Crippen molar-refractivity contribution >= 4 is 29.0 Å². The number of nitrogens with one attached hydrogen (secondary N) is 2. The molecule has 7 heteroatoms. The van der Waals surface area contributed by atoms with Gasteiger partial charge >= 0.3 is 0 Å². The van der Waals surface area contributed by atoms with Gasteiger partial charge in [0, 0.05) is 23.5 Å². The Labute approximate surface area is 161 Å². The summed E-state index contributed by atoms with van der Waals surface area (Å²) in [4.78, 5) is 16.9. The Balaban J connectivity index is 1.47. The average Bonchev–Trinajstić information content (AvgIpc) is 3.14. The third-order valence-electron chi connectivity index (χ3n) is 4.03. The first kappa shape index (κ1) is 17.2. The second kappa shape index (κ2) is 7.55. The van der Waals surface area contributed by atoms with Gasteiger partial charge in [-0.25, -0.2) is 4.98 Å². The molecule has 2 aromatic carbocycles. The second-order valence-corrected chi connectivity index (χ2v) is 6.34. The molecule has 0 radical (unpaired) electrons. The molecule has 3 aromatic rings. The number of pyridine rings is 1. The van der Waals surface area contributed by atoms with Gasteiger partial charge in [-0.05, 0) is 48.0 Å². The fraction of sp³-hybridized carbons (Fsp3) is 0.100. The first-order valence-corrected chi connectivity index (χ1v) is 8.71. The summed E-state index contributed by atoms with van der Waals surface area (Å²) in [5.41, 5.74) is 2.12. The molecule has 0 unspecified atom stereocenters. The van der Waals surface area contributed by atoms with Gasteiger partial charge in [-0.2, -0.15) is 0 Å². The van der Waals surface area contributed by atoms with E-state index in [1.165, 1.54) is 0 Å². The van der Waals surface area contributed by atoms with Crippen molar-refractivity contribution in [1.82, 2.24) is 10.3 Å². The molecular formula is C20H16ClN3O3. The minimum atomic E-state index is -0.231. The number of ether oxygens (including phenoxy) is 2. The Morgan fingerprint density at radius 3 is 2.85 bits per heavy atom. The van der Waals surface area contributed by atoms with Gasteiger partial charge < -0.3 is 20.1 Å². The van der Waals surface area contributed by atoms with Crippen molar-refractivity contribution in [2.75, 3.05) is 12.1 Å². The van der Waals surface area contributed by atoms with E-state index in [9.17, 15) is 4.79 Å². The van der Waals surface area contributed by atoms with Crippen LogP contribution >= 0.6 is 11.6 Å². The molecule has 0 spiro atoms. The monoisotopic (exact) mass is 381 g/mol. The van der Waals surface area contributed by atoms with Crippen molar-refractivity contribution in [3.05, 3.63) is 76.9 Å². The molecular weight excluding hydrogens is 366 g/mol. The van der Waals surface area contributed by atoms with Gasteiger partial charge in [0.2, 0.25) is 6.79 Å². The van der Waals surface area contributed by atoms with Crippen molar-refractivity contribution in [3.63, 3.8) is 0 Å². The minimum absolute atomic E-state index is 0.222. The van der Waals surface area contributed by atoms with Gasteiger partial charge in [-0.3, -0.25) is 4.79 Å². The summed E-state index contributed by atoms with van der Waals surface area (Å²) >= 11 is 6.01. The third-order valence-corrected chi connectivity index (χ3v) is 4.26. The highest BCUT2D eigenvalue weighted by Gasteiger charge is 2.15. The molecule has 6 nitrogen and oxygen atoms in total. The zero-order chi connectivity index (χ0) is 18.6. The van der Waals surface area contributed by atoms with Gasteiger partial charge in [0.05, 0.1) is 5.56 Å². The summed E-state index contributed by atoms with van der Waals surface area (Å²) in [5, 5.41) is 6.64. The number of hydrogen-bond acceptors (Lipinski definition) is 5. The van der Waals surface area contributed by atoms with Gasteiger partial charge in [0.15, 0.2) is 11.5 Å². The second-order valence-electron chi connectivity index (χ2n) is 5.91. The van der Waals surface area contributed by atoms with Crippen LogP contribution in [0.3, 0.4) is 0 Å². The Hall–Kier alpha value is -3.25. The molecule has 0 aliphatic carbocycles. The predicted octanol–water partition coefficient (Wildman–Crippen LogP) is 4.14. The number of carbonyl (C=O) groups excluding carboxylic acids is 1. The van der Waals surface area contributed by atoms with Gasteiger partial charge in [-0.1, -0.05) is 23.7 Å². The highest BCUT2D eigenvalue weighted by atomic mass is 35.5. The van der Waals surface area contributed by atoms with E-state index in [-0.39, 0.29) is 12.7 Å². The summed E-state index contributed by atoms with van der Waals surface area (Å²) in [6.07, 6.45) is 1.63. The number of benzene rings is 2. The molecule has 2 N–H and O–H groups in total. The van der Waals surface area contributed by atoms with Crippen LogP contribution < -0.4 is 20.1 Å². The number of nitrogens with zero attached hydrogens (tertiary/aromatic N) is 1. The summed E-state index contributed by atoms with van der Waals surface area (Å²) in [6, 6.07) is 16.3. The van der Waals surface area contributed by atoms with Crippen LogP contribution in [0.15, 0.2) is 60.8 Å². The van der Waals surface area contributed by atoms with E-state index < -0.39 is 0 Å². The molecule has 0 fully saturated rings. The lowest BCUT2D eigenvalue weighted by Gasteiger charge is -2.11. The number of aromatic nitrogens is 1. The van der Waals surface area contributed by atoms with E-state index in [4.69, 9.17) is 21.1 Å². The van der Waals surface area contributed by atoms with E-state index in [0.29, 0.717) is 34.4 Å². The Morgan fingerprint density at radius 2 is 1.96 bits per heavy atom. The van der Waals surface area contributed by atoms with Crippen molar-refractivity contribution in [2.24, 2.45) is 0 Å². The number of amides is 1. The highest BCUT2D eigenvalue weighted by Crippen LogP contribution is 2.32. The Bertz CT molecular complexity index is 994. The van der Waals surface area contributed by atoms with E-state index in [1.54, 1.807) is 30.5 Å². The van der Waals surface area contributed by atoms with Crippen LogP contribution in [0.1, 0.15) is 15.9 Å². The number of fused-ring (bicyclic) bond motifs is 1. The first-order valence-electron chi connectivity index (χ1n) is 8.33. The van der Waals surface area contributed by atoms with Gasteiger partial charge in [0.1, 0.15) is 5.82 Å². The lowest BCUT2D eigenvalue weighted by Crippen LogP contribution is -2.24. The molecule has 1 aromatic heterocycles. The van der Waals surface area contributed by atoms with E-state index in [2.05, 4.69) is 15.6 Å². The maximum absolute atomic E-state index is 12.7. The largest absolute Gasteiger partial charge is 0.454 e. The van der Waals surface area contributed by atoms with Crippen LogP contribution in [0.25, 0.3) is 0 Å². The molecule has 1 amide bonds. The van der Waals surface area contributed by atoms with Crippen LogP contribution in [0.4, 0.5) is 11.5 Å². The molecule has 1 aliphatic heterocycles. The van der Waals surface area contributed by atoms with Crippen LogP contribution in [0.5, 0.6) is 11.5 Å². The molecule has 4 rings (SSSR count). The smallest absolute Gasteiger partial charge is 0.255 e. The summed E-state index contributed by atoms with van der Waals surface area (Å²) in [6.45, 7) is 0.584. The predicted molar refractivity (Wildman–Crippen MR) is 103 cm³/mol. The Kier molecular flexibility index (Phi) is 4.80. The maximum atomic E-state index is 12.7. The fourth-order valence-electron chi connectivity index (χ4n) is 2.72. The third kappa shape index (κ3) is 3.96. The van der Waals surface area contributed by atoms with Crippen molar-refractivity contribution in [1.29, 1.82) is 0 Å². The fourth-order valence-corrected chi connectivity index (χ4v) is 2.91. The topological polar surface area (TPSA) is 72.5 Å². The summed E-state index contributed by atoms with van der Waals surface area (Å²) < 4.78 is 10.7. The van der Waals surface area contributed by atoms with Crippen molar-refractivity contribution in [3.8, 4) is 11.5 Å². The number of carbonyl (C=O) groups is 1. The highest BCUT2D eigenvalue weighted by molar-refractivity contribution is 6.30.